The van der Waals surface area contributed by atoms with E-state index in [1.807, 2.05) is 11.6 Å². The molecule has 0 radical (unpaired) electrons. The molecule has 0 saturated heterocycles. The van der Waals surface area contributed by atoms with E-state index in [0.29, 0.717) is 0 Å². The fraction of sp³-hybridized carbons (Fsp3) is 0.500. The number of hydrogen-bond donors (Lipinski definition) is 0. The molecule has 3 nitrogen and oxygen atoms in total. The van der Waals surface area contributed by atoms with Gasteiger partial charge in [-0.25, -0.2) is 4.68 Å². The van der Waals surface area contributed by atoms with Crippen LogP contribution >= 0.6 is 0 Å². The summed E-state index contributed by atoms with van der Waals surface area (Å²) in [7, 11) is 0. The summed E-state index contributed by atoms with van der Waals surface area (Å²) in [5.41, 5.74) is 1.09. The molecule has 0 aliphatic heterocycles. The van der Waals surface area contributed by atoms with Crippen molar-refractivity contribution in [3.63, 3.8) is 0 Å². The minimum Gasteiger partial charge on any atom is -0.250 e. The Balaban J connectivity index is 2.40. The molecule has 1 rings (SSSR count). The van der Waals surface area contributed by atoms with E-state index in [4.69, 9.17) is 6.42 Å². The first-order valence-corrected chi connectivity index (χ1v) is 3.63. The van der Waals surface area contributed by atoms with Gasteiger partial charge in [-0.3, -0.25) is 0 Å². The highest BCUT2D eigenvalue weighted by atomic mass is 15.4. The van der Waals surface area contributed by atoms with E-state index in [2.05, 4.69) is 16.2 Å². The van der Waals surface area contributed by atoms with Gasteiger partial charge < -0.3 is 0 Å². The summed E-state index contributed by atoms with van der Waals surface area (Å²) < 4.78 is 1.86. The number of nitrogens with zero attached hydrogens (tertiary/aromatic N) is 3. The molecule has 0 saturated carbocycles. The SMILES string of the molecule is C#CCCCn1nncc1C. The summed E-state index contributed by atoms with van der Waals surface area (Å²) in [4.78, 5) is 0. The van der Waals surface area contributed by atoms with E-state index in [1.54, 1.807) is 6.20 Å². The quantitative estimate of drug-likeness (QED) is 0.474. The van der Waals surface area contributed by atoms with Crippen molar-refractivity contribution in [2.75, 3.05) is 0 Å². The fourth-order valence-corrected chi connectivity index (χ4v) is 0.861. The topological polar surface area (TPSA) is 30.7 Å². The largest absolute Gasteiger partial charge is 0.250 e. The van der Waals surface area contributed by atoms with Crippen LogP contribution in [0.5, 0.6) is 0 Å². The minimum atomic E-state index is 0.805. The number of hydrogen-bond acceptors (Lipinski definition) is 2. The highest BCUT2D eigenvalue weighted by Crippen LogP contribution is 1.96. The molecule has 1 aromatic rings. The summed E-state index contributed by atoms with van der Waals surface area (Å²) in [6.45, 7) is 2.85. The third kappa shape index (κ3) is 2.08. The first-order valence-electron chi connectivity index (χ1n) is 3.63. The molecule has 0 aliphatic rings. The molecule has 11 heavy (non-hydrogen) atoms. The Morgan fingerprint density at radius 1 is 1.73 bits per heavy atom. The molecule has 0 bridgehead atoms. The average molecular weight is 149 g/mol. The van der Waals surface area contributed by atoms with Gasteiger partial charge in [0.15, 0.2) is 0 Å². The first-order chi connectivity index (χ1) is 5.34. The maximum absolute atomic E-state index is 5.11. The van der Waals surface area contributed by atoms with E-state index < -0.39 is 0 Å². The molecule has 0 spiro atoms. The van der Waals surface area contributed by atoms with E-state index >= 15 is 0 Å². The van der Waals surface area contributed by atoms with Crippen molar-refractivity contribution in [2.45, 2.75) is 26.3 Å². The van der Waals surface area contributed by atoms with Crippen LogP contribution in [0.15, 0.2) is 6.20 Å². The minimum absolute atomic E-state index is 0.805. The van der Waals surface area contributed by atoms with Crippen molar-refractivity contribution in [3.05, 3.63) is 11.9 Å². The normalized spacial score (nSPS) is 9.45. The Kier molecular flexibility index (Phi) is 2.67. The highest BCUT2D eigenvalue weighted by molar-refractivity contribution is 4.89. The predicted octanol–water partition coefficient (Wildman–Crippen LogP) is 1.000. The summed E-state index contributed by atoms with van der Waals surface area (Å²) in [5, 5.41) is 7.65. The highest BCUT2D eigenvalue weighted by Gasteiger charge is 1.95. The molecule has 0 fully saturated rings. The third-order valence-corrected chi connectivity index (χ3v) is 1.50. The van der Waals surface area contributed by atoms with Gasteiger partial charge in [0.1, 0.15) is 0 Å². The van der Waals surface area contributed by atoms with Crippen molar-refractivity contribution in [2.24, 2.45) is 0 Å². The van der Waals surface area contributed by atoms with Gasteiger partial charge in [0, 0.05) is 13.0 Å². The van der Waals surface area contributed by atoms with E-state index in [0.717, 1.165) is 25.1 Å². The maximum atomic E-state index is 5.11. The predicted molar refractivity (Wildman–Crippen MR) is 42.8 cm³/mol. The summed E-state index contributed by atoms with van der Waals surface area (Å²) in [6, 6.07) is 0. The van der Waals surface area contributed by atoms with Gasteiger partial charge >= 0.3 is 0 Å². The smallest absolute Gasteiger partial charge is 0.0722 e. The van der Waals surface area contributed by atoms with Crippen LogP contribution in [0.2, 0.25) is 0 Å². The number of aromatic nitrogens is 3. The van der Waals surface area contributed by atoms with Gasteiger partial charge in [0.2, 0.25) is 0 Å². The molecule has 0 N–H and O–H groups in total. The molecule has 0 unspecified atom stereocenters. The van der Waals surface area contributed by atoms with Crippen LogP contribution in [0.4, 0.5) is 0 Å². The molecule has 0 aromatic carbocycles. The summed E-state index contributed by atoms with van der Waals surface area (Å²) >= 11 is 0. The lowest BCUT2D eigenvalue weighted by molar-refractivity contribution is 0.553. The Hall–Kier alpha value is -1.30. The fourth-order valence-electron chi connectivity index (χ4n) is 0.861. The second-order valence-electron chi connectivity index (χ2n) is 2.41. The number of aryl methyl sites for hydroxylation is 2. The molecule has 1 aromatic heterocycles. The van der Waals surface area contributed by atoms with Crippen molar-refractivity contribution in [1.82, 2.24) is 15.0 Å². The van der Waals surface area contributed by atoms with Crippen molar-refractivity contribution in [1.29, 1.82) is 0 Å². The van der Waals surface area contributed by atoms with Crippen molar-refractivity contribution < 1.29 is 0 Å². The van der Waals surface area contributed by atoms with Crippen LogP contribution in [-0.2, 0) is 6.54 Å². The van der Waals surface area contributed by atoms with Gasteiger partial charge in [-0.05, 0) is 13.3 Å². The summed E-state index contributed by atoms with van der Waals surface area (Å²) in [6.07, 6.45) is 8.63. The van der Waals surface area contributed by atoms with Gasteiger partial charge in [0.05, 0.1) is 11.9 Å². The van der Waals surface area contributed by atoms with Crippen LogP contribution in [0.3, 0.4) is 0 Å². The molecular weight excluding hydrogens is 138 g/mol. The number of rotatable bonds is 3. The van der Waals surface area contributed by atoms with Gasteiger partial charge in [-0.15, -0.1) is 17.4 Å². The zero-order chi connectivity index (χ0) is 8.10. The van der Waals surface area contributed by atoms with Crippen LogP contribution in [0.25, 0.3) is 0 Å². The van der Waals surface area contributed by atoms with Crippen LogP contribution in [0, 0.1) is 19.3 Å². The van der Waals surface area contributed by atoms with E-state index in [9.17, 15) is 0 Å². The zero-order valence-corrected chi connectivity index (χ0v) is 6.62. The molecule has 3 heteroatoms. The Morgan fingerprint density at radius 2 is 2.55 bits per heavy atom. The van der Waals surface area contributed by atoms with Crippen LogP contribution in [0.1, 0.15) is 18.5 Å². The molecule has 0 amide bonds. The van der Waals surface area contributed by atoms with E-state index in [1.165, 1.54) is 0 Å². The molecule has 1 heterocycles. The standard InChI is InChI=1S/C8H11N3/c1-3-4-5-6-11-8(2)7-9-10-11/h1,7H,4-6H2,2H3. The maximum Gasteiger partial charge on any atom is 0.0722 e. The Bertz CT molecular complexity index is 257. The molecule has 0 atom stereocenters. The second kappa shape index (κ2) is 3.77. The summed E-state index contributed by atoms with van der Waals surface area (Å²) in [5.74, 6) is 2.59. The Morgan fingerprint density at radius 3 is 3.09 bits per heavy atom. The molecule has 0 aliphatic carbocycles. The van der Waals surface area contributed by atoms with Crippen molar-refractivity contribution >= 4 is 0 Å². The first kappa shape index (κ1) is 7.80. The average Bonchev–Trinajstić information content (AvgIpc) is 2.37. The van der Waals surface area contributed by atoms with Gasteiger partial charge in [-0.1, -0.05) is 5.21 Å². The second-order valence-corrected chi connectivity index (χ2v) is 2.41. The van der Waals surface area contributed by atoms with Gasteiger partial charge in [-0.2, -0.15) is 0 Å². The lowest BCUT2D eigenvalue weighted by Crippen LogP contribution is -2.01. The Labute approximate surface area is 66.4 Å². The van der Waals surface area contributed by atoms with Crippen molar-refractivity contribution in [3.8, 4) is 12.3 Å². The monoisotopic (exact) mass is 149 g/mol. The molecular formula is C8H11N3. The lowest BCUT2D eigenvalue weighted by atomic mass is 10.3. The van der Waals surface area contributed by atoms with Crippen LogP contribution < -0.4 is 0 Å². The van der Waals surface area contributed by atoms with E-state index in [-0.39, 0.29) is 0 Å². The zero-order valence-electron chi connectivity index (χ0n) is 6.62. The lowest BCUT2D eigenvalue weighted by Gasteiger charge is -1.98. The number of unbranched alkanes of at least 4 members (excludes halogenated alkanes) is 1. The molecule has 58 valence electrons. The van der Waals surface area contributed by atoms with Gasteiger partial charge in [0.25, 0.3) is 0 Å². The number of terminal acetylenes is 1. The van der Waals surface area contributed by atoms with Crippen LogP contribution in [-0.4, -0.2) is 15.0 Å². The third-order valence-electron chi connectivity index (χ3n) is 1.50.